The molecule has 25 heavy (non-hydrogen) atoms. The molecule has 0 aliphatic carbocycles. The van der Waals surface area contributed by atoms with E-state index >= 15 is 0 Å². The van der Waals surface area contributed by atoms with Crippen molar-refractivity contribution in [3.8, 4) is 0 Å². The van der Waals surface area contributed by atoms with Gasteiger partial charge in [0.1, 0.15) is 0 Å². The molecule has 0 atom stereocenters. The number of hydrogen-bond acceptors (Lipinski definition) is 0. The highest BCUT2D eigenvalue weighted by Crippen LogP contribution is 2.28. The van der Waals surface area contributed by atoms with Crippen molar-refractivity contribution in [1.82, 2.24) is 0 Å². The molecule has 0 aliphatic heterocycles. The molecule has 4 aromatic carbocycles. The Morgan fingerprint density at radius 1 is 0.600 bits per heavy atom. The zero-order valence-corrected chi connectivity index (χ0v) is 14.3. The number of fused-ring (bicyclic) bond motifs is 2. The Bertz CT molecular complexity index is 1080. The molecule has 0 aromatic heterocycles. The van der Waals surface area contributed by atoms with Crippen molar-refractivity contribution >= 4 is 27.3 Å². The Morgan fingerprint density at radius 2 is 1.00 bits per heavy atom. The van der Waals surface area contributed by atoms with E-state index in [9.17, 15) is 5.53 Å². The van der Waals surface area contributed by atoms with E-state index in [1.54, 1.807) is 0 Å². The summed E-state index contributed by atoms with van der Waals surface area (Å²) < 4.78 is 0. The predicted molar refractivity (Wildman–Crippen MR) is 104 cm³/mol. The van der Waals surface area contributed by atoms with Crippen LogP contribution in [-0.2, 0) is 0 Å². The van der Waals surface area contributed by atoms with Crippen molar-refractivity contribution in [2.24, 2.45) is 0 Å². The summed E-state index contributed by atoms with van der Waals surface area (Å²) in [5.41, 5.74) is 14.8. The second kappa shape index (κ2) is 6.01. The van der Waals surface area contributed by atoms with Crippen molar-refractivity contribution in [3.05, 3.63) is 101 Å². The van der Waals surface area contributed by atoms with Crippen LogP contribution in [0.5, 0.6) is 0 Å². The lowest BCUT2D eigenvalue weighted by Crippen LogP contribution is -2.07. The molecule has 120 valence electrons. The lowest BCUT2D eigenvalue weighted by Gasteiger charge is -2.09. The maximum absolute atomic E-state index is 9.88. The number of aryl methyl sites for hydroxylation is 2. The first-order valence-corrected chi connectivity index (χ1v) is 8.40. The first-order valence-electron chi connectivity index (χ1n) is 8.40. The van der Waals surface area contributed by atoms with E-state index < -0.39 is 0 Å². The fourth-order valence-electron chi connectivity index (χ4n) is 3.57. The lowest BCUT2D eigenvalue weighted by molar-refractivity contribution is -0.00255. The average Bonchev–Trinajstić information content (AvgIpc) is 2.66. The fraction of sp³-hybridized carbons (Fsp3) is 0.0870. The van der Waals surface area contributed by atoms with Crippen molar-refractivity contribution in [2.45, 2.75) is 13.8 Å². The van der Waals surface area contributed by atoms with Crippen LogP contribution in [-0.4, -0.2) is 10.5 Å². The SMILES string of the molecule is Cc1ccc(C(=[N+]=[N-])c2ccc(C)c3ccccc23)c2ccccc12. The lowest BCUT2D eigenvalue weighted by atomic mass is 9.91. The second-order valence-corrected chi connectivity index (χ2v) is 6.40. The van der Waals surface area contributed by atoms with E-state index in [-0.39, 0.29) is 0 Å². The number of nitrogens with zero attached hydrogens (tertiary/aromatic N) is 2. The molecule has 0 unspecified atom stereocenters. The Labute approximate surface area is 147 Å². The molecular formula is C23H18N2. The van der Waals surface area contributed by atoms with Gasteiger partial charge in [0.15, 0.2) is 0 Å². The molecule has 4 rings (SSSR count). The number of hydrogen-bond donors (Lipinski definition) is 0. The summed E-state index contributed by atoms with van der Waals surface area (Å²) in [6.45, 7) is 4.20. The Morgan fingerprint density at radius 3 is 1.40 bits per heavy atom. The maximum Gasteiger partial charge on any atom is 0.330 e. The van der Waals surface area contributed by atoms with Gasteiger partial charge in [0, 0.05) is 0 Å². The summed E-state index contributed by atoms with van der Waals surface area (Å²) in [7, 11) is 0. The van der Waals surface area contributed by atoms with Gasteiger partial charge >= 0.3 is 5.71 Å². The van der Waals surface area contributed by atoms with Crippen LogP contribution in [0, 0.1) is 13.8 Å². The zero-order valence-electron chi connectivity index (χ0n) is 14.3. The van der Waals surface area contributed by atoms with Crippen molar-refractivity contribution in [2.75, 3.05) is 0 Å². The summed E-state index contributed by atoms with van der Waals surface area (Å²) in [6, 6.07) is 24.7. The monoisotopic (exact) mass is 322 g/mol. The molecule has 0 amide bonds. The molecule has 2 nitrogen and oxygen atoms in total. The molecule has 0 heterocycles. The van der Waals surface area contributed by atoms with Crippen LogP contribution in [0.25, 0.3) is 27.1 Å². The van der Waals surface area contributed by atoms with E-state index in [4.69, 9.17) is 0 Å². The van der Waals surface area contributed by atoms with E-state index in [0.717, 1.165) is 21.9 Å². The third kappa shape index (κ3) is 2.44. The van der Waals surface area contributed by atoms with Crippen LogP contribution >= 0.6 is 0 Å². The van der Waals surface area contributed by atoms with Crippen molar-refractivity contribution < 1.29 is 4.79 Å². The second-order valence-electron chi connectivity index (χ2n) is 6.40. The van der Waals surface area contributed by atoms with E-state index in [1.807, 2.05) is 36.4 Å². The summed E-state index contributed by atoms with van der Waals surface area (Å²) in [5.74, 6) is 0. The highest BCUT2D eigenvalue weighted by atomic mass is 14.9. The fourth-order valence-corrected chi connectivity index (χ4v) is 3.57. The molecule has 0 bridgehead atoms. The molecular weight excluding hydrogens is 304 g/mol. The van der Waals surface area contributed by atoms with Gasteiger partial charge in [0.2, 0.25) is 0 Å². The minimum atomic E-state index is 0.604. The average molecular weight is 322 g/mol. The van der Waals surface area contributed by atoms with Gasteiger partial charge in [-0.05, 0) is 58.7 Å². The Balaban J connectivity index is 2.06. The van der Waals surface area contributed by atoms with Crippen LogP contribution < -0.4 is 0 Å². The topological polar surface area (TPSA) is 36.4 Å². The third-order valence-corrected chi connectivity index (χ3v) is 4.89. The third-order valence-electron chi connectivity index (χ3n) is 4.89. The Kier molecular flexibility index (Phi) is 3.68. The normalized spacial score (nSPS) is 10.8. The molecule has 2 heteroatoms. The molecule has 4 aromatic rings. The van der Waals surface area contributed by atoms with E-state index in [2.05, 4.69) is 55.0 Å². The van der Waals surface area contributed by atoms with Gasteiger partial charge in [0.05, 0.1) is 11.1 Å². The van der Waals surface area contributed by atoms with Crippen LogP contribution in [0.1, 0.15) is 22.3 Å². The molecule has 0 radical (unpaired) electrons. The van der Waals surface area contributed by atoms with Gasteiger partial charge < -0.3 is 5.53 Å². The Hall–Kier alpha value is -3.22. The van der Waals surface area contributed by atoms with Gasteiger partial charge in [-0.2, -0.15) is 4.79 Å². The predicted octanol–water partition coefficient (Wildman–Crippen LogP) is 5.68. The minimum absolute atomic E-state index is 0.604. The molecule has 0 spiro atoms. The highest BCUT2D eigenvalue weighted by Gasteiger charge is 2.21. The summed E-state index contributed by atoms with van der Waals surface area (Å²) >= 11 is 0. The van der Waals surface area contributed by atoms with Gasteiger partial charge in [-0.15, -0.1) is 0 Å². The highest BCUT2D eigenvalue weighted by molar-refractivity contribution is 6.21. The van der Waals surface area contributed by atoms with Crippen molar-refractivity contribution in [3.63, 3.8) is 0 Å². The molecule has 0 saturated heterocycles. The van der Waals surface area contributed by atoms with Gasteiger partial charge in [-0.3, -0.25) is 0 Å². The van der Waals surface area contributed by atoms with Gasteiger partial charge in [0.25, 0.3) is 0 Å². The smallest absolute Gasteiger partial charge is 0.330 e. The molecule has 0 saturated carbocycles. The molecule has 0 aliphatic rings. The minimum Gasteiger partial charge on any atom is -0.361 e. The van der Waals surface area contributed by atoms with Crippen LogP contribution in [0.4, 0.5) is 0 Å². The quantitative estimate of drug-likeness (QED) is 0.259. The van der Waals surface area contributed by atoms with Crippen LogP contribution in [0.15, 0.2) is 72.8 Å². The van der Waals surface area contributed by atoms with Gasteiger partial charge in [-0.1, -0.05) is 60.7 Å². The first kappa shape index (κ1) is 15.3. The number of rotatable bonds is 2. The van der Waals surface area contributed by atoms with E-state index in [1.165, 1.54) is 21.9 Å². The van der Waals surface area contributed by atoms with Crippen LogP contribution in [0.3, 0.4) is 0 Å². The largest absolute Gasteiger partial charge is 0.361 e. The summed E-state index contributed by atoms with van der Waals surface area (Å²) in [6.07, 6.45) is 0. The summed E-state index contributed by atoms with van der Waals surface area (Å²) in [4.78, 5) is 3.70. The van der Waals surface area contributed by atoms with Crippen LogP contribution in [0.2, 0.25) is 0 Å². The molecule has 0 N–H and O–H groups in total. The van der Waals surface area contributed by atoms with Crippen molar-refractivity contribution in [1.29, 1.82) is 0 Å². The first-order chi connectivity index (χ1) is 12.2. The van der Waals surface area contributed by atoms with Gasteiger partial charge in [-0.25, -0.2) is 0 Å². The van der Waals surface area contributed by atoms with E-state index in [0.29, 0.717) is 5.71 Å². The summed E-state index contributed by atoms with van der Waals surface area (Å²) in [5, 5.41) is 4.55. The molecule has 0 fully saturated rings. The zero-order chi connectivity index (χ0) is 17.4. The maximum atomic E-state index is 9.88. The standard InChI is InChI=1S/C23H18N2/c1-15-11-13-21(19-9-5-3-7-17(15)19)23(25-24)22-14-12-16(2)18-8-4-6-10-20(18)22/h3-14H,1-2H3. The number of benzene rings is 4.